The van der Waals surface area contributed by atoms with Crippen molar-refractivity contribution in [1.82, 2.24) is 5.16 Å². The van der Waals surface area contributed by atoms with Gasteiger partial charge in [0.1, 0.15) is 11.8 Å². The Kier molecular flexibility index (Phi) is 1.61. The Morgan fingerprint density at radius 2 is 2.15 bits per heavy atom. The normalized spacial score (nSPS) is 12.1. The molecule has 5 nitrogen and oxygen atoms in total. The largest absolute Gasteiger partial charge is 0.364 e. The van der Waals surface area contributed by atoms with Crippen LogP contribution in [-0.4, -0.2) is 13.6 Å². The molecule has 0 aliphatic rings. The summed E-state index contributed by atoms with van der Waals surface area (Å²) in [6.07, 6.45) is 1.37. The molecule has 0 aliphatic carbocycles. The van der Waals surface area contributed by atoms with Gasteiger partial charge in [0.05, 0.1) is 4.90 Å². The van der Waals surface area contributed by atoms with E-state index in [1.807, 2.05) is 0 Å². The standard InChI is InChI=1S/C7H6N2O3S/c8-13(10,11)6-1-2-7-5(3-6)4-12-9-7/h1-4H,(H2,8,10,11). The summed E-state index contributed by atoms with van der Waals surface area (Å²) in [5.41, 5.74) is 0.604. The molecule has 1 aromatic heterocycles. The maximum absolute atomic E-state index is 10.9. The van der Waals surface area contributed by atoms with E-state index >= 15 is 0 Å². The number of sulfonamides is 1. The summed E-state index contributed by atoms with van der Waals surface area (Å²) < 4.78 is 26.5. The average Bonchev–Trinajstić information content (AvgIpc) is 2.47. The first-order valence-electron chi connectivity index (χ1n) is 3.44. The number of hydrogen-bond donors (Lipinski definition) is 1. The van der Waals surface area contributed by atoms with Gasteiger partial charge in [-0.2, -0.15) is 0 Å². The van der Waals surface area contributed by atoms with E-state index in [4.69, 9.17) is 5.14 Å². The molecule has 0 unspecified atom stereocenters. The van der Waals surface area contributed by atoms with Crippen molar-refractivity contribution < 1.29 is 12.9 Å². The van der Waals surface area contributed by atoms with Crippen molar-refractivity contribution in [2.24, 2.45) is 5.14 Å². The number of benzene rings is 1. The minimum atomic E-state index is -3.64. The molecule has 0 saturated heterocycles. The first-order chi connectivity index (χ1) is 6.07. The van der Waals surface area contributed by atoms with Gasteiger partial charge in [0.15, 0.2) is 0 Å². The Morgan fingerprint density at radius 1 is 1.38 bits per heavy atom. The molecule has 1 aromatic carbocycles. The summed E-state index contributed by atoms with van der Waals surface area (Å²) in [4.78, 5) is 0.0585. The van der Waals surface area contributed by atoms with Crippen molar-refractivity contribution in [2.45, 2.75) is 4.90 Å². The highest BCUT2D eigenvalue weighted by Crippen LogP contribution is 2.16. The quantitative estimate of drug-likeness (QED) is 0.721. The second-order valence-corrected chi connectivity index (χ2v) is 4.14. The molecule has 2 rings (SSSR count). The summed E-state index contributed by atoms with van der Waals surface area (Å²) in [6, 6.07) is 4.35. The third kappa shape index (κ3) is 1.41. The van der Waals surface area contributed by atoms with E-state index < -0.39 is 10.0 Å². The Labute approximate surface area is 74.2 Å². The lowest BCUT2D eigenvalue weighted by Crippen LogP contribution is -2.11. The van der Waals surface area contributed by atoms with Crippen LogP contribution < -0.4 is 5.14 Å². The van der Waals surface area contributed by atoms with Crippen LogP contribution in [0.15, 0.2) is 33.9 Å². The van der Waals surface area contributed by atoms with Crippen LogP contribution in [0.3, 0.4) is 0 Å². The Hall–Kier alpha value is -1.40. The van der Waals surface area contributed by atoms with Gasteiger partial charge in [0.2, 0.25) is 10.0 Å². The first kappa shape index (κ1) is 8.21. The van der Waals surface area contributed by atoms with Crippen molar-refractivity contribution in [3.63, 3.8) is 0 Å². The second-order valence-electron chi connectivity index (χ2n) is 2.58. The lowest BCUT2D eigenvalue weighted by atomic mass is 10.3. The number of primary sulfonamides is 1. The Bertz CT molecular complexity index is 544. The molecule has 0 spiro atoms. The zero-order valence-electron chi connectivity index (χ0n) is 6.47. The number of aromatic nitrogens is 1. The molecular weight excluding hydrogens is 192 g/mol. The van der Waals surface area contributed by atoms with E-state index in [0.29, 0.717) is 10.9 Å². The van der Waals surface area contributed by atoms with E-state index in [-0.39, 0.29) is 4.90 Å². The highest BCUT2D eigenvalue weighted by molar-refractivity contribution is 7.89. The summed E-state index contributed by atoms with van der Waals surface area (Å²) in [6.45, 7) is 0. The third-order valence-electron chi connectivity index (χ3n) is 1.66. The van der Waals surface area contributed by atoms with Crippen LogP contribution in [0.4, 0.5) is 0 Å². The first-order valence-corrected chi connectivity index (χ1v) is 4.99. The minimum absolute atomic E-state index is 0.0585. The second kappa shape index (κ2) is 2.54. The van der Waals surface area contributed by atoms with Gasteiger partial charge in [-0.15, -0.1) is 0 Å². The fourth-order valence-corrected chi connectivity index (χ4v) is 1.58. The molecule has 0 bridgehead atoms. The highest BCUT2D eigenvalue weighted by Gasteiger charge is 2.08. The van der Waals surface area contributed by atoms with Crippen LogP contribution in [0, 0.1) is 0 Å². The molecule has 0 amide bonds. The van der Waals surface area contributed by atoms with Crippen LogP contribution in [0.25, 0.3) is 10.9 Å². The fraction of sp³-hybridized carbons (Fsp3) is 0. The summed E-state index contributed by atoms with van der Waals surface area (Å²) in [5.74, 6) is 0. The molecular formula is C7H6N2O3S. The number of rotatable bonds is 1. The Morgan fingerprint density at radius 3 is 2.85 bits per heavy atom. The van der Waals surface area contributed by atoms with Gasteiger partial charge >= 0.3 is 0 Å². The van der Waals surface area contributed by atoms with Crippen molar-refractivity contribution in [3.05, 3.63) is 24.5 Å². The van der Waals surface area contributed by atoms with Gasteiger partial charge in [-0.3, -0.25) is 0 Å². The SMILES string of the molecule is NS(=O)(=O)c1ccc2nocc2c1. The van der Waals surface area contributed by atoms with Gasteiger partial charge < -0.3 is 4.52 Å². The molecule has 0 saturated carbocycles. The van der Waals surface area contributed by atoms with Gasteiger partial charge in [-0.05, 0) is 18.2 Å². The van der Waals surface area contributed by atoms with Crippen molar-refractivity contribution in [3.8, 4) is 0 Å². The predicted octanol–water partition coefficient (Wildman–Crippen LogP) is 0.475. The predicted molar refractivity (Wildman–Crippen MR) is 45.4 cm³/mol. The molecule has 1 heterocycles. The average molecular weight is 198 g/mol. The van der Waals surface area contributed by atoms with E-state index in [1.54, 1.807) is 6.07 Å². The van der Waals surface area contributed by atoms with Crippen LogP contribution in [0.5, 0.6) is 0 Å². The molecule has 0 fully saturated rings. The van der Waals surface area contributed by atoms with E-state index in [1.165, 1.54) is 18.4 Å². The number of nitrogens with two attached hydrogens (primary N) is 1. The van der Waals surface area contributed by atoms with Crippen molar-refractivity contribution in [2.75, 3.05) is 0 Å². The van der Waals surface area contributed by atoms with Crippen LogP contribution >= 0.6 is 0 Å². The lowest BCUT2D eigenvalue weighted by Gasteiger charge is -1.95. The number of hydrogen-bond acceptors (Lipinski definition) is 4. The topological polar surface area (TPSA) is 86.2 Å². The van der Waals surface area contributed by atoms with Gasteiger partial charge in [-0.1, -0.05) is 5.16 Å². The van der Waals surface area contributed by atoms with Gasteiger partial charge in [-0.25, -0.2) is 13.6 Å². The van der Waals surface area contributed by atoms with Crippen LogP contribution in [0.1, 0.15) is 0 Å². The molecule has 13 heavy (non-hydrogen) atoms. The maximum atomic E-state index is 10.9. The molecule has 0 radical (unpaired) electrons. The minimum Gasteiger partial charge on any atom is -0.364 e. The summed E-state index contributed by atoms with van der Waals surface area (Å²) in [5, 5.41) is 9.19. The smallest absolute Gasteiger partial charge is 0.238 e. The number of nitrogens with zero attached hydrogens (tertiary/aromatic N) is 1. The molecule has 2 N–H and O–H groups in total. The Balaban J connectivity index is 2.75. The van der Waals surface area contributed by atoms with E-state index in [0.717, 1.165) is 0 Å². The van der Waals surface area contributed by atoms with Gasteiger partial charge in [0.25, 0.3) is 0 Å². The van der Waals surface area contributed by atoms with Crippen LogP contribution in [0.2, 0.25) is 0 Å². The molecule has 0 atom stereocenters. The van der Waals surface area contributed by atoms with E-state index in [9.17, 15) is 8.42 Å². The highest BCUT2D eigenvalue weighted by atomic mass is 32.2. The monoisotopic (exact) mass is 198 g/mol. The molecule has 2 aromatic rings. The molecule has 0 aliphatic heterocycles. The van der Waals surface area contributed by atoms with Crippen molar-refractivity contribution >= 4 is 20.9 Å². The van der Waals surface area contributed by atoms with Crippen LogP contribution in [-0.2, 0) is 10.0 Å². The lowest BCUT2D eigenvalue weighted by molar-refractivity contribution is 0.428. The third-order valence-corrected chi connectivity index (χ3v) is 2.57. The zero-order chi connectivity index (χ0) is 9.47. The maximum Gasteiger partial charge on any atom is 0.238 e. The number of fused-ring (bicyclic) bond motifs is 1. The van der Waals surface area contributed by atoms with Crippen molar-refractivity contribution in [1.29, 1.82) is 0 Å². The van der Waals surface area contributed by atoms with Gasteiger partial charge in [0, 0.05) is 5.39 Å². The summed E-state index contributed by atoms with van der Waals surface area (Å²) >= 11 is 0. The fourth-order valence-electron chi connectivity index (χ4n) is 1.03. The molecule has 6 heteroatoms. The summed E-state index contributed by atoms with van der Waals surface area (Å²) in [7, 11) is -3.64. The molecule has 68 valence electrons. The zero-order valence-corrected chi connectivity index (χ0v) is 7.28. The van der Waals surface area contributed by atoms with E-state index in [2.05, 4.69) is 9.68 Å².